The van der Waals surface area contributed by atoms with Gasteiger partial charge in [0.1, 0.15) is 18.1 Å². The van der Waals surface area contributed by atoms with Crippen LogP contribution in [-0.4, -0.2) is 28.7 Å². The lowest BCUT2D eigenvalue weighted by molar-refractivity contribution is -0.127. The molecule has 1 saturated carbocycles. The number of anilines is 2. The number of ether oxygens (including phenoxy) is 1. The predicted molar refractivity (Wildman–Crippen MR) is 212 cm³/mol. The number of benzene rings is 5. The molecule has 10 heteroatoms. The van der Waals surface area contributed by atoms with Crippen LogP contribution < -0.4 is 14.5 Å². The van der Waals surface area contributed by atoms with E-state index in [1.54, 1.807) is 60.7 Å². The van der Waals surface area contributed by atoms with Gasteiger partial charge in [0.2, 0.25) is 23.6 Å². The van der Waals surface area contributed by atoms with Crippen molar-refractivity contribution < 1.29 is 29.0 Å². The molecule has 55 heavy (non-hydrogen) atoms. The third-order valence-electron chi connectivity index (χ3n) is 11.8. The van der Waals surface area contributed by atoms with E-state index in [0.29, 0.717) is 33.3 Å². The Morgan fingerprint density at radius 1 is 0.745 bits per heavy atom. The Morgan fingerprint density at radius 2 is 1.47 bits per heavy atom. The van der Waals surface area contributed by atoms with Crippen molar-refractivity contribution in [2.24, 2.45) is 23.7 Å². The molecule has 2 saturated heterocycles. The third-order valence-corrected chi connectivity index (χ3v) is 12.6. The predicted octanol–water partition coefficient (Wildman–Crippen LogP) is 8.75. The van der Waals surface area contributed by atoms with E-state index in [1.807, 2.05) is 66.7 Å². The molecule has 0 spiro atoms. The van der Waals surface area contributed by atoms with Crippen LogP contribution >= 0.6 is 27.5 Å². The van der Waals surface area contributed by atoms with E-state index in [4.69, 9.17) is 16.3 Å². The summed E-state index contributed by atoms with van der Waals surface area (Å²) in [4.78, 5) is 61.6. The second-order valence-electron chi connectivity index (χ2n) is 14.6. The monoisotopic (exact) mass is 812 g/mol. The number of hydrogen-bond acceptors (Lipinski definition) is 6. The summed E-state index contributed by atoms with van der Waals surface area (Å²) in [6, 6.07) is 37.7. The van der Waals surface area contributed by atoms with Crippen molar-refractivity contribution in [3.63, 3.8) is 0 Å². The normalized spacial score (nSPS) is 25.7. The minimum atomic E-state index is -1.52. The lowest BCUT2D eigenvalue weighted by Crippen LogP contribution is -2.53. The van der Waals surface area contributed by atoms with Gasteiger partial charge < -0.3 is 9.84 Å². The van der Waals surface area contributed by atoms with E-state index in [2.05, 4.69) is 15.9 Å². The molecule has 274 valence electrons. The van der Waals surface area contributed by atoms with Crippen LogP contribution in [0.3, 0.4) is 0 Å². The number of phenolic OH excluding ortho intramolecular Hbond substituents is 1. The van der Waals surface area contributed by atoms with E-state index in [9.17, 15) is 19.5 Å². The molecule has 4 amide bonds. The molecule has 5 aromatic rings. The Balaban J connectivity index is 1.22. The quantitative estimate of drug-likeness (QED) is 0.130. The smallest absolute Gasteiger partial charge is 0.246 e. The average molecular weight is 814 g/mol. The SMILES string of the molecule is O=C1[C@H]2[C@H](CC=C3[C@H]2C[C@H]2C(=O)N(c4cccc(Cl)c4)C(=O)[C@@]2(c2ccccc2)[C@H]3c2ccc(OCc3ccccc3)cc2O)C(=O)N1c1ccc(Br)cc1. The zero-order valence-electron chi connectivity index (χ0n) is 29.3. The zero-order chi connectivity index (χ0) is 38.0. The van der Waals surface area contributed by atoms with E-state index < -0.39 is 46.8 Å². The lowest BCUT2D eigenvalue weighted by Gasteiger charge is -2.50. The highest BCUT2D eigenvalue weighted by molar-refractivity contribution is 9.10. The van der Waals surface area contributed by atoms with Crippen LogP contribution in [0.4, 0.5) is 11.4 Å². The Morgan fingerprint density at radius 3 is 2.18 bits per heavy atom. The maximum atomic E-state index is 15.5. The Hall–Kier alpha value is -5.51. The van der Waals surface area contributed by atoms with Gasteiger partial charge in [0.25, 0.3) is 0 Å². The van der Waals surface area contributed by atoms with Crippen molar-refractivity contribution in [3.8, 4) is 11.5 Å². The van der Waals surface area contributed by atoms with Gasteiger partial charge in [-0.1, -0.05) is 112 Å². The van der Waals surface area contributed by atoms with Gasteiger partial charge >= 0.3 is 0 Å². The van der Waals surface area contributed by atoms with Gasteiger partial charge in [-0.25, -0.2) is 4.90 Å². The van der Waals surface area contributed by atoms with Gasteiger partial charge in [0, 0.05) is 27.0 Å². The van der Waals surface area contributed by atoms with E-state index in [0.717, 1.165) is 15.6 Å². The average Bonchev–Trinajstić information content (AvgIpc) is 3.59. The minimum Gasteiger partial charge on any atom is -0.508 e. The fraction of sp³-hybridized carbons (Fsp3) is 0.200. The number of rotatable bonds is 7. The molecular formula is C45H34BrClN2O6. The van der Waals surface area contributed by atoms with Crippen molar-refractivity contribution in [3.05, 3.63) is 165 Å². The molecule has 0 bridgehead atoms. The fourth-order valence-corrected chi connectivity index (χ4v) is 9.98. The Bertz CT molecular complexity index is 2400. The summed E-state index contributed by atoms with van der Waals surface area (Å²) in [5.74, 6) is -5.01. The number of fused-ring (bicyclic) bond motifs is 4. The maximum Gasteiger partial charge on any atom is 0.246 e. The molecule has 9 rings (SSSR count). The van der Waals surface area contributed by atoms with Gasteiger partial charge in [-0.2, -0.15) is 0 Å². The largest absolute Gasteiger partial charge is 0.508 e. The van der Waals surface area contributed by atoms with E-state index >= 15 is 4.79 Å². The molecule has 2 aliphatic carbocycles. The molecule has 0 aromatic heterocycles. The molecule has 2 heterocycles. The van der Waals surface area contributed by atoms with Crippen LogP contribution in [0.5, 0.6) is 11.5 Å². The summed E-state index contributed by atoms with van der Waals surface area (Å²) in [7, 11) is 0. The van der Waals surface area contributed by atoms with Gasteiger partial charge in [0.15, 0.2) is 0 Å². The number of carbonyl (C=O) groups is 4. The fourth-order valence-electron chi connectivity index (χ4n) is 9.53. The summed E-state index contributed by atoms with van der Waals surface area (Å²) >= 11 is 9.87. The first-order valence-electron chi connectivity index (χ1n) is 18.2. The Kier molecular flexibility index (Phi) is 8.74. The standard InChI is InChI=1S/C45H34BrClN2O6/c46-28-14-16-30(17-15-28)48-41(51)35-21-20-33-36(39(35)43(48)53)24-37-42(52)49(31-13-7-12-29(47)22-31)44(54)45(37,27-10-5-2-6-11-27)40(33)34-19-18-32(23-38(34)50)55-25-26-8-3-1-4-9-26/h1-20,22-23,35-37,39-40,50H,21,24-25H2/t35-,36+,37-,39-,40+,45+/m0/s1. The van der Waals surface area contributed by atoms with Gasteiger partial charge in [0.05, 0.1) is 34.5 Å². The lowest BCUT2D eigenvalue weighted by atomic mass is 9.49. The Labute approximate surface area is 331 Å². The van der Waals surface area contributed by atoms with Crippen LogP contribution in [0.1, 0.15) is 35.4 Å². The first kappa shape index (κ1) is 35.2. The number of imide groups is 2. The number of phenols is 1. The molecule has 0 radical (unpaired) electrons. The second-order valence-corrected chi connectivity index (χ2v) is 15.9. The number of carbonyl (C=O) groups excluding carboxylic acids is 4. The number of amides is 4. The van der Waals surface area contributed by atoms with Crippen molar-refractivity contribution in [2.75, 3.05) is 9.80 Å². The molecule has 3 fully saturated rings. The minimum absolute atomic E-state index is 0.111. The highest BCUT2D eigenvalue weighted by atomic mass is 79.9. The highest BCUT2D eigenvalue weighted by Crippen LogP contribution is 2.65. The number of nitrogens with zero attached hydrogens (tertiary/aromatic N) is 2. The molecule has 0 unspecified atom stereocenters. The number of hydrogen-bond donors (Lipinski definition) is 1. The second kappa shape index (κ2) is 13.7. The van der Waals surface area contributed by atoms with Crippen molar-refractivity contribution >= 4 is 62.5 Å². The molecule has 4 aliphatic rings. The zero-order valence-corrected chi connectivity index (χ0v) is 31.7. The third kappa shape index (κ3) is 5.54. The molecular weight excluding hydrogens is 780 g/mol. The van der Waals surface area contributed by atoms with Crippen molar-refractivity contribution in [1.82, 2.24) is 0 Å². The van der Waals surface area contributed by atoms with Gasteiger partial charge in [-0.15, -0.1) is 0 Å². The summed E-state index contributed by atoms with van der Waals surface area (Å²) in [6.45, 7) is 0.280. The summed E-state index contributed by atoms with van der Waals surface area (Å²) in [6.07, 6.45) is 2.39. The van der Waals surface area contributed by atoms with Crippen LogP contribution in [0.15, 0.2) is 144 Å². The summed E-state index contributed by atoms with van der Waals surface area (Å²) < 4.78 is 6.89. The van der Waals surface area contributed by atoms with Crippen LogP contribution in [0.2, 0.25) is 5.02 Å². The number of allylic oxidation sites excluding steroid dienone is 2. The van der Waals surface area contributed by atoms with Crippen LogP contribution in [0.25, 0.3) is 0 Å². The maximum absolute atomic E-state index is 15.5. The first-order valence-corrected chi connectivity index (χ1v) is 19.4. The molecule has 2 aliphatic heterocycles. The highest BCUT2D eigenvalue weighted by Gasteiger charge is 2.70. The molecule has 8 nitrogen and oxygen atoms in total. The topological polar surface area (TPSA) is 104 Å². The first-order chi connectivity index (χ1) is 26.7. The summed E-state index contributed by atoms with van der Waals surface area (Å²) in [5, 5.41) is 12.4. The molecule has 1 N–H and O–H groups in total. The van der Waals surface area contributed by atoms with E-state index in [1.165, 1.54) is 15.9 Å². The van der Waals surface area contributed by atoms with E-state index in [-0.39, 0.29) is 37.0 Å². The molecule has 6 atom stereocenters. The number of aromatic hydroxyl groups is 1. The van der Waals surface area contributed by atoms with Crippen LogP contribution in [0, 0.1) is 23.7 Å². The number of halogens is 2. The summed E-state index contributed by atoms with van der Waals surface area (Å²) in [5.41, 5.74) is 2.04. The van der Waals surface area contributed by atoms with Crippen molar-refractivity contribution in [1.29, 1.82) is 0 Å². The van der Waals surface area contributed by atoms with Gasteiger partial charge in [-0.05, 0) is 78.4 Å². The van der Waals surface area contributed by atoms with Gasteiger partial charge in [-0.3, -0.25) is 24.1 Å². The van der Waals surface area contributed by atoms with Crippen LogP contribution in [-0.2, 0) is 31.2 Å². The molecule has 5 aromatic carbocycles. The van der Waals surface area contributed by atoms with Crippen molar-refractivity contribution in [2.45, 2.75) is 30.8 Å².